The largest absolute Gasteiger partial charge is 0.432 e. The van der Waals surface area contributed by atoms with E-state index in [0.29, 0.717) is 6.04 Å². The lowest BCUT2D eigenvalue weighted by atomic mass is 9.78. The molecule has 0 amide bonds. The molecule has 2 aliphatic rings. The second-order valence-corrected chi connectivity index (χ2v) is 6.25. The molecular formula is C16H27N3O. The molecule has 1 aliphatic carbocycles. The first-order valence-corrected chi connectivity index (χ1v) is 8.30. The fourth-order valence-corrected chi connectivity index (χ4v) is 3.76. The predicted molar refractivity (Wildman–Crippen MR) is 80.8 cm³/mol. The van der Waals surface area contributed by atoms with Crippen LogP contribution >= 0.6 is 0 Å². The van der Waals surface area contributed by atoms with Crippen LogP contribution in [0.15, 0.2) is 10.7 Å². The van der Waals surface area contributed by atoms with Crippen molar-refractivity contribution in [3.8, 4) is 0 Å². The number of anilines is 1. The van der Waals surface area contributed by atoms with Gasteiger partial charge in [-0.05, 0) is 44.6 Å². The number of piperidine rings is 1. The molecule has 2 atom stereocenters. The zero-order valence-electron chi connectivity index (χ0n) is 12.6. The maximum absolute atomic E-state index is 5.76. The number of fused-ring (bicyclic) bond motifs is 1. The Morgan fingerprint density at radius 2 is 2.15 bits per heavy atom. The molecule has 1 aromatic rings. The Labute approximate surface area is 121 Å². The minimum atomic E-state index is 0.674. The second kappa shape index (κ2) is 6.61. The summed E-state index contributed by atoms with van der Waals surface area (Å²) >= 11 is 0. The van der Waals surface area contributed by atoms with Crippen molar-refractivity contribution in [1.82, 2.24) is 10.3 Å². The van der Waals surface area contributed by atoms with Gasteiger partial charge in [-0.1, -0.05) is 19.8 Å². The van der Waals surface area contributed by atoms with Crippen molar-refractivity contribution in [2.24, 2.45) is 5.92 Å². The van der Waals surface area contributed by atoms with Crippen molar-refractivity contribution in [1.29, 1.82) is 0 Å². The number of aromatic nitrogens is 1. The third-order valence-electron chi connectivity index (χ3n) is 4.76. The van der Waals surface area contributed by atoms with Gasteiger partial charge in [-0.2, -0.15) is 4.98 Å². The molecule has 1 aliphatic heterocycles. The van der Waals surface area contributed by atoms with Crippen LogP contribution in [-0.4, -0.2) is 24.1 Å². The zero-order valence-corrected chi connectivity index (χ0v) is 12.6. The number of nitrogens with one attached hydrogen (secondary N) is 1. The fraction of sp³-hybridized carbons (Fsp3) is 0.812. The third-order valence-corrected chi connectivity index (χ3v) is 4.76. The van der Waals surface area contributed by atoms with Crippen molar-refractivity contribution in [2.45, 2.75) is 64.5 Å². The van der Waals surface area contributed by atoms with Crippen LogP contribution in [0.3, 0.4) is 0 Å². The predicted octanol–water partition coefficient (Wildman–Crippen LogP) is 3.33. The molecule has 2 fully saturated rings. The molecule has 0 spiro atoms. The lowest BCUT2D eigenvalue weighted by molar-refractivity contribution is 0.235. The molecule has 20 heavy (non-hydrogen) atoms. The van der Waals surface area contributed by atoms with Gasteiger partial charge in [0.05, 0.1) is 5.69 Å². The van der Waals surface area contributed by atoms with E-state index in [4.69, 9.17) is 9.40 Å². The third kappa shape index (κ3) is 3.00. The first-order chi connectivity index (χ1) is 9.88. The SMILES string of the molecule is CCCNCc1coc(N2CCCC3CCCCC32)n1. The Hall–Kier alpha value is -1.03. The molecule has 1 N–H and O–H groups in total. The molecule has 2 unspecified atom stereocenters. The van der Waals surface area contributed by atoms with E-state index in [0.717, 1.165) is 43.7 Å². The average Bonchev–Trinajstić information content (AvgIpc) is 2.96. The summed E-state index contributed by atoms with van der Waals surface area (Å²) in [6, 6.07) is 1.53. The molecule has 3 rings (SSSR count). The van der Waals surface area contributed by atoms with E-state index in [1.807, 2.05) is 6.26 Å². The Bertz CT molecular complexity index is 416. The second-order valence-electron chi connectivity index (χ2n) is 6.25. The van der Waals surface area contributed by atoms with Gasteiger partial charge >= 0.3 is 0 Å². The van der Waals surface area contributed by atoms with Crippen molar-refractivity contribution in [3.63, 3.8) is 0 Å². The smallest absolute Gasteiger partial charge is 0.297 e. The Kier molecular flexibility index (Phi) is 4.61. The van der Waals surface area contributed by atoms with Gasteiger partial charge in [0, 0.05) is 19.1 Å². The van der Waals surface area contributed by atoms with E-state index in [2.05, 4.69) is 17.1 Å². The average molecular weight is 277 g/mol. The molecule has 1 saturated heterocycles. The van der Waals surface area contributed by atoms with Crippen LogP contribution in [0.25, 0.3) is 0 Å². The summed E-state index contributed by atoms with van der Waals surface area (Å²) in [4.78, 5) is 7.13. The molecule has 4 heteroatoms. The van der Waals surface area contributed by atoms with Gasteiger partial charge in [-0.25, -0.2) is 0 Å². The maximum atomic E-state index is 5.76. The number of hydrogen-bond acceptors (Lipinski definition) is 4. The van der Waals surface area contributed by atoms with Gasteiger partial charge in [0.2, 0.25) is 0 Å². The molecule has 1 saturated carbocycles. The molecule has 1 aromatic heterocycles. The highest BCUT2D eigenvalue weighted by Crippen LogP contribution is 2.37. The van der Waals surface area contributed by atoms with Crippen molar-refractivity contribution >= 4 is 6.01 Å². The van der Waals surface area contributed by atoms with Crippen LogP contribution in [-0.2, 0) is 6.54 Å². The highest BCUT2D eigenvalue weighted by Gasteiger charge is 2.35. The van der Waals surface area contributed by atoms with Crippen LogP contribution in [0.5, 0.6) is 0 Å². The molecule has 2 heterocycles. The van der Waals surface area contributed by atoms with Gasteiger partial charge in [-0.15, -0.1) is 0 Å². The zero-order chi connectivity index (χ0) is 13.8. The molecule has 0 aromatic carbocycles. The fourth-order valence-electron chi connectivity index (χ4n) is 3.76. The van der Waals surface area contributed by atoms with E-state index in [9.17, 15) is 0 Å². The maximum Gasteiger partial charge on any atom is 0.297 e. The van der Waals surface area contributed by atoms with Crippen LogP contribution in [0.1, 0.15) is 57.6 Å². The summed E-state index contributed by atoms with van der Waals surface area (Å²) < 4.78 is 5.76. The Morgan fingerprint density at radius 1 is 1.30 bits per heavy atom. The molecular weight excluding hydrogens is 250 g/mol. The minimum Gasteiger partial charge on any atom is -0.432 e. The highest BCUT2D eigenvalue weighted by atomic mass is 16.4. The lowest BCUT2D eigenvalue weighted by Crippen LogP contribution is -2.47. The summed E-state index contributed by atoms with van der Waals surface area (Å²) in [6.45, 7) is 5.15. The lowest BCUT2D eigenvalue weighted by Gasteiger charge is -2.43. The van der Waals surface area contributed by atoms with Gasteiger partial charge in [0.1, 0.15) is 6.26 Å². The monoisotopic (exact) mass is 277 g/mol. The van der Waals surface area contributed by atoms with Crippen molar-refractivity contribution < 1.29 is 4.42 Å². The summed E-state index contributed by atoms with van der Waals surface area (Å²) in [5.41, 5.74) is 1.03. The summed E-state index contributed by atoms with van der Waals surface area (Å²) in [5.74, 6) is 0.867. The molecule has 112 valence electrons. The number of rotatable bonds is 5. The number of nitrogens with zero attached hydrogens (tertiary/aromatic N) is 2. The summed E-state index contributed by atoms with van der Waals surface area (Å²) in [6.07, 6.45) is 11.1. The normalized spacial score (nSPS) is 26.6. The van der Waals surface area contributed by atoms with Gasteiger partial charge < -0.3 is 14.6 Å². The van der Waals surface area contributed by atoms with Crippen molar-refractivity contribution in [2.75, 3.05) is 18.0 Å². The summed E-state index contributed by atoms with van der Waals surface area (Å²) in [5, 5.41) is 3.38. The van der Waals surface area contributed by atoms with E-state index >= 15 is 0 Å². The van der Waals surface area contributed by atoms with Crippen molar-refractivity contribution in [3.05, 3.63) is 12.0 Å². The Balaban J connectivity index is 1.65. The van der Waals surface area contributed by atoms with E-state index in [1.165, 1.54) is 38.5 Å². The standard InChI is InChI=1S/C16H27N3O/c1-2-9-17-11-14-12-20-16(18-14)19-10-5-7-13-6-3-4-8-15(13)19/h12-13,15,17H,2-11H2,1H3. The molecule has 0 radical (unpaired) electrons. The van der Waals surface area contributed by atoms with E-state index < -0.39 is 0 Å². The first kappa shape index (κ1) is 13.9. The molecule has 4 nitrogen and oxygen atoms in total. The summed E-state index contributed by atoms with van der Waals surface area (Å²) in [7, 11) is 0. The minimum absolute atomic E-state index is 0.674. The van der Waals surface area contributed by atoms with Crippen LogP contribution in [0.2, 0.25) is 0 Å². The molecule has 0 bridgehead atoms. The van der Waals surface area contributed by atoms with E-state index in [1.54, 1.807) is 0 Å². The Morgan fingerprint density at radius 3 is 3.05 bits per heavy atom. The first-order valence-electron chi connectivity index (χ1n) is 8.30. The quantitative estimate of drug-likeness (QED) is 0.838. The topological polar surface area (TPSA) is 41.3 Å². The van der Waals surface area contributed by atoms with Crippen LogP contribution < -0.4 is 10.2 Å². The van der Waals surface area contributed by atoms with E-state index in [-0.39, 0.29) is 0 Å². The van der Waals surface area contributed by atoms with Gasteiger partial charge in [0.25, 0.3) is 6.01 Å². The number of oxazole rings is 1. The van der Waals surface area contributed by atoms with Gasteiger partial charge in [-0.3, -0.25) is 0 Å². The highest BCUT2D eigenvalue weighted by molar-refractivity contribution is 5.31. The van der Waals surface area contributed by atoms with Gasteiger partial charge in [0.15, 0.2) is 0 Å². The van der Waals surface area contributed by atoms with Crippen LogP contribution in [0, 0.1) is 5.92 Å². The van der Waals surface area contributed by atoms with Crippen LogP contribution in [0.4, 0.5) is 6.01 Å². The number of hydrogen-bond donors (Lipinski definition) is 1.